The van der Waals surface area contributed by atoms with Gasteiger partial charge in [0.2, 0.25) is 11.8 Å². The highest BCUT2D eigenvalue weighted by Gasteiger charge is 2.51. The molecule has 2 bridgehead atoms. The number of fused-ring (bicyclic) bond motifs is 5. The minimum atomic E-state index is -0.869. The number of β-amino-alcohol motifs (C(OH)–C–C–N with tert-alkyl or cyclic N) is 1. The molecule has 3 amide bonds. The molecule has 13 rings (SSSR count). The van der Waals surface area contributed by atoms with Crippen molar-refractivity contribution in [1.29, 1.82) is 0 Å². The highest BCUT2D eigenvalue weighted by Crippen LogP contribution is 2.44. The van der Waals surface area contributed by atoms with Crippen molar-refractivity contribution in [2.45, 2.75) is 147 Å². The predicted octanol–water partition coefficient (Wildman–Crippen LogP) is 8.91. The minimum Gasteiger partial charge on any atom is -0.508 e. The number of hydrogen-bond donors (Lipinski definition) is 4. The van der Waals surface area contributed by atoms with E-state index < -0.39 is 23.9 Å². The van der Waals surface area contributed by atoms with Gasteiger partial charge in [0.1, 0.15) is 48.0 Å². The van der Waals surface area contributed by atoms with E-state index in [-0.39, 0.29) is 96.6 Å². The highest BCUT2D eigenvalue weighted by molar-refractivity contribution is 7.13. The van der Waals surface area contributed by atoms with E-state index in [1.165, 1.54) is 4.90 Å². The summed E-state index contributed by atoms with van der Waals surface area (Å²) in [4.78, 5) is 72.4. The van der Waals surface area contributed by atoms with Crippen LogP contribution in [-0.4, -0.2) is 169 Å². The number of rotatable bonds is 16. The molecule has 10 heterocycles. The van der Waals surface area contributed by atoms with Crippen molar-refractivity contribution in [3.63, 3.8) is 0 Å². The van der Waals surface area contributed by atoms with Gasteiger partial charge in [-0.1, -0.05) is 68.4 Å². The molecule has 22 heteroatoms. The average molecular weight is 1210 g/mol. The lowest BCUT2D eigenvalue weighted by Crippen LogP contribution is -2.55. The van der Waals surface area contributed by atoms with E-state index in [1.807, 2.05) is 87.5 Å². The van der Waals surface area contributed by atoms with Crippen LogP contribution in [0, 0.1) is 18.7 Å². The number of thiazole rings is 1. The summed E-state index contributed by atoms with van der Waals surface area (Å²) in [6.45, 7) is 15.8. The van der Waals surface area contributed by atoms with Crippen LogP contribution < -0.4 is 25.2 Å². The second-order valence-electron chi connectivity index (χ2n) is 25.3. The van der Waals surface area contributed by atoms with Crippen molar-refractivity contribution in [3.8, 4) is 33.5 Å². The fourth-order valence-corrected chi connectivity index (χ4v) is 15.6. The molecule has 458 valence electrons. The maximum atomic E-state index is 17.4. The van der Waals surface area contributed by atoms with Crippen LogP contribution in [0.2, 0.25) is 0 Å². The predicted molar refractivity (Wildman–Crippen MR) is 329 cm³/mol. The molecule has 7 aromatic rings. The molecule has 0 spiro atoms. The zero-order valence-electron chi connectivity index (χ0n) is 50.2. The number of amides is 3. The number of pyridine rings is 1. The van der Waals surface area contributed by atoms with Crippen LogP contribution >= 0.6 is 11.3 Å². The fraction of sp³-hybridized carbons (Fsp3) is 0.508. The number of benzene rings is 3. The summed E-state index contributed by atoms with van der Waals surface area (Å²) in [7, 11) is 0. The number of aromatic hydroxyl groups is 1. The summed E-state index contributed by atoms with van der Waals surface area (Å²) in [6.07, 6.45) is 6.81. The number of phenols is 1. The number of hydrogen-bond acceptors (Lipinski definition) is 18. The Morgan fingerprint density at radius 3 is 2.49 bits per heavy atom. The zero-order valence-corrected chi connectivity index (χ0v) is 51.1. The van der Waals surface area contributed by atoms with Crippen LogP contribution in [-0.2, 0) is 20.7 Å². The number of carbonyl (C=O) groups excluding carboxylic acids is 3. The van der Waals surface area contributed by atoms with Gasteiger partial charge in [-0.25, -0.2) is 14.2 Å². The van der Waals surface area contributed by atoms with Crippen LogP contribution in [0.5, 0.6) is 11.8 Å². The molecule has 2 unspecified atom stereocenters. The van der Waals surface area contributed by atoms with Gasteiger partial charge >= 0.3 is 12.1 Å². The SMILES string of the molecule is CCc1cccc2cc(O)cc(-c3ncc4c(N5CC6CCC(C5)N6)nc(OC[C@]56CCCN5[C@H](COC(=O)N5CCN(c7cc([C@H](C(=O)N8C[C@H](O)C[C@H]8C(=O)N[C@@H](C)c8ccc(-c9scnc9C)cc8)C(C)C)on7)C[C@H]5C)CC6)nc4c3F)c12. The molecule has 0 saturated carbocycles. The number of aliphatic hydroxyl groups excluding tert-OH is 1. The van der Waals surface area contributed by atoms with E-state index in [0.717, 1.165) is 83.1 Å². The van der Waals surface area contributed by atoms with Gasteiger partial charge in [-0.05, 0) is 118 Å². The first-order valence-electron chi connectivity index (χ1n) is 31.0. The smallest absolute Gasteiger partial charge is 0.410 e. The summed E-state index contributed by atoms with van der Waals surface area (Å²) in [5.74, 6) is -0.710. The lowest BCUT2D eigenvalue weighted by Gasteiger charge is -2.39. The van der Waals surface area contributed by atoms with Crippen LogP contribution in [0.3, 0.4) is 0 Å². The van der Waals surface area contributed by atoms with E-state index in [4.69, 9.17) is 28.9 Å². The van der Waals surface area contributed by atoms with Crippen molar-refractivity contribution >= 4 is 62.6 Å². The first-order chi connectivity index (χ1) is 42.0. The summed E-state index contributed by atoms with van der Waals surface area (Å²) in [5, 5.41) is 35.1. The average Bonchev–Trinajstić information content (AvgIpc) is 1.47. The molecule has 3 aromatic carbocycles. The van der Waals surface area contributed by atoms with Crippen LogP contribution in [0.1, 0.15) is 114 Å². The third kappa shape index (κ3) is 11.2. The fourth-order valence-electron chi connectivity index (χ4n) is 14.8. The van der Waals surface area contributed by atoms with Gasteiger partial charge < -0.3 is 54.4 Å². The maximum Gasteiger partial charge on any atom is 0.410 e. The highest BCUT2D eigenvalue weighted by atomic mass is 32.1. The number of phenolic OH excluding ortho intramolecular Hbond substituents is 1. The number of halogens is 1. The van der Waals surface area contributed by atoms with Crippen molar-refractivity contribution < 1.29 is 43.0 Å². The van der Waals surface area contributed by atoms with Crippen LogP contribution in [0.15, 0.2) is 76.9 Å². The molecule has 6 aliphatic heterocycles. The molecule has 0 aliphatic carbocycles. The van der Waals surface area contributed by atoms with Gasteiger partial charge in [-0.3, -0.25) is 19.5 Å². The number of carbonyl (C=O) groups is 3. The molecule has 0 radical (unpaired) electrons. The number of piperazine rings is 2. The Labute approximate surface area is 509 Å². The van der Waals surface area contributed by atoms with Crippen molar-refractivity contribution in [3.05, 3.63) is 101 Å². The Morgan fingerprint density at radius 2 is 1.75 bits per heavy atom. The number of aliphatic hydroxyl groups is 1. The summed E-state index contributed by atoms with van der Waals surface area (Å²) < 4.78 is 36.2. The normalized spacial score (nSPS) is 24.6. The largest absolute Gasteiger partial charge is 0.508 e. The third-order valence-electron chi connectivity index (χ3n) is 19.3. The molecule has 6 saturated heterocycles. The second-order valence-corrected chi connectivity index (χ2v) is 26.2. The Balaban J connectivity index is 0.642. The van der Waals surface area contributed by atoms with Crippen molar-refractivity contribution in [2.75, 3.05) is 68.8 Å². The molecule has 4 aromatic heterocycles. The zero-order chi connectivity index (χ0) is 60.4. The number of likely N-dealkylation sites (tertiary alicyclic amines) is 1. The Kier molecular flexibility index (Phi) is 16.0. The quantitative estimate of drug-likeness (QED) is 0.0708. The topological polar surface area (TPSA) is 228 Å². The molecule has 9 atom stereocenters. The van der Waals surface area contributed by atoms with Gasteiger partial charge in [0.15, 0.2) is 17.4 Å². The van der Waals surface area contributed by atoms with Gasteiger partial charge in [-0.15, -0.1) is 11.3 Å². The summed E-state index contributed by atoms with van der Waals surface area (Å²) in [6, 6.07) is 18.2. The molecule has 20 nitrogen and oxygen atoms in total. The molecule has 6 aliphatic rings. The Bertz CT molecular complexity index is 3720. The molecule has 87 heavy (non-hydrogen) atoms. The van der Waals surface area contributed by atoms with E-state index >= 15 is 4.39 Å². The van der Waals surface area contributed by atoms with Gasteiger partial charge in [-0.2, -0.15) is 9.97 Å². The van der Waals surface area contributed by atoms with E-state index in [1.54, 1.807) is 40.6 Å². The number of anilines is 2. The molecular formula is C65H77FN12O8S. The third-order valence-corrected chi connectivity index (χ3v) is 20.3. The maximum absolute atomic E-state index is 17.4. The summed E-state index contributed by atoms with van der Waals surface area (Å²) >= 11 is 1.58. The van der Waals surface area contributed by atoms with E-state index in [2.05, 4.69) is 37.5 Å². The number of nitrogens with zero attached hydrogens (tertiary/aromatic N) is 10. The number of nitrogens with one attached hydrogen (secondary N) is 2. The second kappa shape index (κ2) is 23.9. The van der Waals surface area contributed by atoms with Gasteiger partial charge in [0.25, 0.3) is 0 Å². The number of aryl methyl sites for hydroxylation is 2. The first-order valence-corrected chi connectivity index (χ1v) is 31.9. The Morgan fingerprint density at radius 1 is 0.943 bits per heavy atom. The minimum absolute atomic E-state index is 0.0215. The standard InChI is InChI=1S/C65H77FN12O8S/c1-7-40-10-8-11-43-24-47(79)25-49(55(40)43)57-56(66)58-50(28-67-57)60(75-30-44-16-17-45(31-75)70-44)72-63(71-58)85-34-65-19-9-21-78(65)46(18-20-65)33-84-64(83)76-23-22-74(29-37(76)4)53-27-52(86-73-53)54(36(2)3)62(82)77-32-48(80)26-51(77)61(81)69-38(5)41-12-14-42(15-13-41)59-39(6)68-35-87-59/h8,10-15,24-25,27-28,35-38,44-46,48,51,54,70,79-80H,7,9,16-23,26,29-34H2,1-6H3,(H,69,81)/t37-,38+,44?,45?,46+,48-,51+,54-,65-/m1/s1. The lowest BCUT2D eigenvalue weighted by atomic mass is 9.91. The van der Waals surface area contributed by atoms with Gasteiger partial charge in [0.05, 0.1) is 39.2 Å². The first kappa shape index (κ1) is 58.5. The van der Waals surface area contributed by atoms with Crippen LogP contribution in [0.25, 0.3) is 43.4 Å². The van der Waals surface area contributed by atoms with Gasteiger partial charge in [0, 0.05) is 87.7 Å². The van der Waals surface area contributed by atoms with Crippen molar-refractivity contribution in [1.82, 2.24) is 50.4 Å². The summed E-state index contributed by atoms with van der Waals surface area (Å²) in [5.41, 5.74) is 6.15. The van der Waals surface area contributed by atoms with Crippen LogP contribution in [0.4, 0.5) is 20.8 Å². The lowest BCUT2D eigenvalue weighted by molar-refractivity contribution is -0.141. The van der Waals surface area contributed by atoms with E-state index in [9.17, 15) is 24.6 Å². The number of ether oxygens (including phenoxy) is 2. The van der Waals surface area contributed by atoms with Crippen molar-refractivity contribution in [2.24, 2.45) is 5.92 Å². The monoisotopic (exact) mass is 1200 g/mol. The van der Waals surface area contributed by atoms with E-state index in [0.29, 0.717) is 79.6 Å². The Hall–Kier alpha value is -7.53. The molecular weight excluding hydrogens is 1130 g/mol. The number of aromatic nitrogens is 5. The molecule has 4 N–H and O–H groups in total. The molecule has 6 fully saturated rings.